The van der Waals surface area contributed by atoms with E-state index in [0.717, 1.165) is 31.6 Å². The van der Waals surface area contributed by atoms with Crippen LogP contribution in [0.3, 0.4) is 0 Å². The summed E-state index contributed by atoms with van der Waals surface area (Å²) >= 11 is 0. The highest BCUT2D eigenvalue weighted by molar-refractivity contribution is 5.96. The van der Waals surface area contributed by atoms with E-state index in [1.165, 1.54) is 5.69 Å². The Morgan fingerprint density at radius 3 is 2.65 bits per heavy atom. The SMILES string of the molecule is CCc1noc(C)c1C(=O)NC1CCN(c2ccccc2)CC1. The van der Waals surface area contributed by atoms with Crippen LogP contribution in [0.2, 0.25) is 0 Å². The van der Waals surface area contributed by atoms with Gasteiger partial charge in [0.2, 0.25) is 0 Å². The molecule has 2 aromatic rings. The monoisotopic (exact) mass is 313 g/mol. The van der Waals surface area contributed by atoms with E-state index in [0.29, 0.717) is 17.7 Å². The number of piperidine rings is 1. The number of amides is 1. The number of carbonyl (C=O) groups is 1. The van der Waals surface area contributed by atoms with Crippen molar-refractivity contribution in [2.24, 2.45) is 0 Å². The van der Waals surface area contributed by atoms with Crippen molar-refractivity contribution >= 4 is 11.6 Å². The molecule has 1 N–H and O–H groups in total. The van der Waals surface area contributed by atoms with Crippen LogP contribution in [0.15, 0.2) is 34.9 Å². The maximum atomic E-state index is 12.5. The molecule has 5 heteroatoms. The van der Waals surface area contributed by atoms with Crippen molar-refractivity contribution in [1.82, 2.24) is 10.5 Å². The lowest BCUT2D eigenvalue weighted by Crippen LogP contribution is -2.45. The smallest absolute Gasteiger partial charge is 0.257 e. The fraction of sp³-hybridized carbons (Fsp3) is 0.444. The number of rotatable bonds is 4. The third-order valence-corrected chi connectivity index (χ3v) is 4.45. The minimum atomic E-state index is -0.0567. The third-order valence-electron chi connectivity index (χ3n) is 4.45. The van der Waals surface area contributed by atoms with Crippen molar-refractivity contribution in [2.45, 2.75) is 39.2 Å². The highest BCUT2D eigenvalue weighted by Gasteiger charge is 2.24. The van der Waals surface area contributed by atoms with Gasteiger partial charge in [-0.25, -0.2) is 0 Å². The average Bonchev–Trinajstić information content (AvgIpc) is 2.97. The first-order valence-corrected chi connectivity index (χ1v) is 8.25. The zero-order valence-corrected chi connectivity index (χ0v) is 13.7. The van der Waals surface area contributed by atoms with Gasteiger partial charge in [-0.05, 0) is 38.3 Å². The third kappa shape index (κ3) is 3.38. The van der Waals surface area contributed by atoms with Crippen LogP contribution in [-0.2, 0) is 6.42 Å². The predicted octanol–water partition coefficient (Wildman–Crippen LogP) is 2.94. The number of hydrogen-bond donors (Lipinski definition) is 1. The molecule has 1 fully saturated rings. The summed E-state index contributed by atoms with van der Waals surface area (Å²) in [4.78, 5) is 14.9. The van der Waals surface area contributed by atoms with Gasteiger partial charge < -0.3 is 14.7 Å². The number of benzene rings is 1. The first-order valence-electron chi connectivity index (χ1n) is 8.25. The Morgan fingerprint density at radius 2 is 2.00 bits per heavy atom. The Labute approximate surface area is 136 Å². The van der Waals surface area contributed by atoms with Gasteiger partial charge in [0.05, 0.1) is 5.69 Å². The van der Waals surface area contributed by atoms with E-state index in [1.54, 1.807) is 6.92 Å². The second-order valence-corrected chi connectivity index (χ2v) is 5.98. The number of anilines is 1. The second kappa shape index (κ2) is 6.86. The summed E-state index contributed by atoms with van der Waals surface area (Å²) in [6.45, 7) is 5.68. The van der Waals surface area contributed by atoms with Crippen LogP contribution >= 0.6 is 0 Å². The summed E-state index contributed by atoms with van der Waals surface area (Å²) in [5, 5.41) is 7.10. The van der Waals surface area contributed by atoms with Crippen molar-refractivity contribution in [3.05, 3.63) is 47.3 Å². The number of nitrogens with one attached hydrogen (secondary N) is 1. The van der Waals surface area contributed by atoms with Gasteiger partial charge in [0.1, 0.15) is 11.3 Å². The van der Waals surface area contributed by atoms with E-state index in [1.807, 2.05) is 13.0 Å². The van der Waals surface area contributed by atoms with Gasteiger partial charge in [0, 0.05) is 24.8 Å². The molecular weight excluding hydrogens is 290 g/mol. The second-order valence-electron chi connectivity index (χ2n) is 5.98. The Hall–Kier alpha value is -2.30. The quantitative estimate of drug-likeness (QED) is 0.943. The normalized spacial score (nSPS) is 15.7. The van der Waals surface area contributed by atoms with E-state index in [9.17, 15) is 4.79 Å². The van der Waals surface area contributed by atoms with Crippen molar-refractivity contribution in [2.75, 3.05) is 18.0 Å². The van der Waals surface area contributed by atoms with Gasteiger partial charge in [0.15, 0.2) is 0 Å². The van der Waals surface area contributed by atoms with Crippen LogP contribution in [-0.4, -0.2) is 30.2 Å². The summed E-state index contributed by atoms with van der Waals surface area (Å²) < 4.78 is 5.15. The Balaban J connectivity index is 1.58. The lowest BCUT2D eigenvalue weighted by Gasteiger charge is -2.34. The zero-order valence-electron chi connectivity index (χ0n) is 13.7. The number of carbonyl (C=O) groups excluding carboxylic acids is 1. The Kier molecular flexibility index (Phi) is 4.65. The van der Waals surface area contributed by atoms with Gasteiger partial charge in [-0.2, -0.15) is 0 Å². The van der Waals surface area contributed by atoms with Crippen LogP contribution < -0.4 is 10.2 Å². The van der Waals surface area contributed by atoms with Crippen LogP contribution in [0.5, 0.6) is 0 Å². The lowest BCUT2D eigenvalue weighted by atomic mass is 10.0. The Morgan fingerprint density at radius 1 is 1.30 bits per heavy atom. The van der Waals surface area contributed by atoms with Crippen LogP contribution in [0.25, 0.3) is 0 Å². The first kappa shape index (κ1) is 15.6. The molecule has 5 nitrogen and oxygen atoms in total. The molecule has 0 bridgehead atoms. The zero-order chi connectivity index (χ0) is 16.2. The van der Waals surface area contributed by atoms with E-state index < -0.39 is 0 Å². The van der Waals surface area contributed by atoms with Crippen LogP contribution in [0.4, 0.5) is 5.69 Å². The molecule has 23 heavy (non-hydrogen) atoms. The summed E-state index contributed by atoms with van der Waals surface area (Å²) in [5.41, 5.74) is 2.60. The van der Waals surface area contributed by atoms with Gasteiger partial charge >= 0.3 is 0 Å². The van der Waals surface area contributed by atoms with E-state index in [-0.39, 0.29) is 11.9 Å². The summed E-state index contributed by atoms with van der Waals surface area (Å²) in [6, 6.07) is 10.6. The molecule has 1 aliphatic rings. The van der Waals surface area contributed by atoms with Crippen molar-refractivity contribution in [3.8, 4) is 0 Å². The minimum absolute atomic E-state index is 0.0567. The molecular formula is C18H23N3O2. The number of aromatic nitrogens is 1. The largest absolute Gasteiger partial charge is 0.371 e. The van der Waals surface area contributed by atoms with Crippen molar-refractivity contribution in [3.63, 3.8) is 0 Å². The molecule has 0 atom stereocenters. The maximum Gasteiger partial charge on any atom is 0.257 e. The van der Waals surface area contributed by atoms with Crippen LogP contribution in [0.1, 0.15) is 41.6 Å². The number of hydrogen-bond acceptors (Lipinski definition) is 4. The van der Waals surface area contributed by atoms with Crippen LogP contribution in [0, 0.1) is 6.92 Å². The molecule has 0 aliphatic carbocycles. The molecule has 3 rings (SSSR count). The van der Waals surface area contributed by atoms with Gasteiger partial charge in [-0.15, -0.1) is 0 Å². The number of aryl methyl sites for hydroxylation is 2. The molecule has 0 radical (unpaired) electrons. The lowest BCUT2D eigenvalue weighted by molar-refractivity contribution is 0.0929. The molecule has 0 unspecified atom stereocenters. The highest BCUT2D eigenvalue weighted by Crippen LogP contribution is 2.20. The molecule has 1 aromatic carbocycles. The molecule has 2 heterocycles. The summed E-state index contributed by atoms with van der Waals surface area (Å²) in [5.74, 6) is 0.542. The molecule has 122 valence electrons. The Bertz CT molecular complexity index is 658. The predicted molar refractivity (Wildman–Crippen MR) is 89.8 cm³/mol. The highest BCUT2D eigenvalue weighted by atomic mass is 16.5. The summed E-state index contributed by atoms with van der Waals surface area (Å²) in [6.07, 6.45) is 2.60. The van der Waals surface area contributed by atoms with Gasteiger partial charge in [-0.3, -0.25) is 4.79 Å². The fourth-order valence-electron chi connectivity index (χ4n) is 3.13. The van der Waals surface area contributed by atoms with Crippen molar-refractivity contribution < 1.29 is 9.32 Å². The molecule has 1 aromatic heterocycles. The summed E-state index contributed by atoms with van der Waals surface area (Å²) in [7, 11) is 0. The first-order chi connectivity index (χ1) is 11.2. The van der Waals surface area contributed by atoms with E-state index >= 15 is 0 Å². The van der Waals surface area contributed by atoms with Gasteiger partial charge in [-0.1, -0.05) is 30.3 Å². The average molecular weight is 313 g/mol. The maximum absolute atomic E-state index is 12.5. The fourth-order valence-corrected chi connectivity index (χ4v) is 3.13. The topological polar surface area (TPSA) is 58.4 Å². The van der Waals surface area contributed by atoms with E-state index in [4.69, 9.17) is 4.52 Å². The van der Waals surface area contributed by atoms with Gasteiger partial charge in [0.25, 0.3) is 5.91 Å². The van der Waals surface area contributed by atoms with Crippen molar-refractivity contribution in [1.29, 1.82) is 0 Å². The molecule has 1 saturated heterocycles. The molecule has 1 aliphatic heterocycles. The molecule has 0 saturated carbocycles. The minimum Gasteiger partial charge on any atom is -0.371 e. The molecule has 1 amide bonds. The number of para-hydroxylation sites is 1. The standard InChI is InChI=1S/C18H23N3O2/c1-3-16-17(13(2)23-20-16)18(22)19-14-9-11-21(12-10-14)15-7-5-4-6-8-15/h4-8,14H,3,9-12H2,1-2H3,(H,19,22). The molecule has 0 spiro atoms. The number of nitrogens with zero attached hydrogens (tertiary/aromatic N) is 2. The van der Waals surface area contributed by atoms with E-state index in [2.05, 4.69) is 39.6 Å².